The van der Waals surface area contributed by atoms with Crippen LogP contribution >= 0.6 is 0 Å². The molecule has 1 rings (SSSR count). The molecule has 1 unspecified atom stereocenters. The molecule has 118 valence electrons. The monoisotopic (exact) mass is 296 g/mol. The maximum atomic E-state index is 12.5. The van der Waals surface area contributed by atoms with Crippen molar-refractivity contribution in [3.63, 3.8) is 0 Å². The number of carbonyl (C=O) groups is 1. The molecule has 1 fully saturated rings. The largest absolute Gasteiger partial charge is 0.406 e. The van der Waals surface area contributed by atoms with Crippen molar-refractivity contribution in [1.82, 2.24) is 9.80 Å². The predicted molar refractivity (Wildman–Crippen MR) is 69.2 cm³/mol. The molecule has 1 saturated heterocycles. The Morgan fingerprint density at radius 2 is 2.10 bits per heavy atom. The molecule has 0 saturated carbocycles. The van der Waals surface area contributed by atoms with Crippen LogP contribution in [-0.2, 0) is 4.79 Å². The van der Waals surface area contributed by atoms with Crippen molar-refractivity contribution < 1.29 is 23.1 Å². The van der Waals surface area contributed by atoms with E-state index in [1.54, 1.807) is 18.7 Å². The van der Waals surface area contributed by atoms with E-state index in [1.807, 2.05) is 0 Å². The number of amides is 1. The van der Waals surface area contributed by atoms with Crippen LogP contribution in [0.25, 0.3) is 0 Å². The van der Waals surface area contributed by atoms with Crippen LogP contribution < -0.4 is 0 Å². The van der Waals surface area contributed by atoms with Crippen molar-refractivity contribution in [2.24, 2.45) is 5.92 Å². The Kier molecular flexibility index (Phi) is 6.26. The minimum atomic E-state index is -4.38. The van der Waals surface area contributed by atoms with Crippen LogP contribution in [0.2, 0.25) is 0 Å². The zero-order valence-corrected chi connectivity index (χ0v) is 12.0. The molecular formula is C13H23F3N2O2. The molecule has 1 N–H and O–H groups in total. The molecule has 0 aliphatic carbocycles. The molecule has 1 atom stereocenters. The maximum absolute atomic E-state index is 12.5. The van der Waals surface area contributed by atoms with Gasteiger partial charge in [0.2, 0.25) is 5.91 Å². The average Bonchev–Trinajstić information content (AvgIpc) is 2.25. The van der Waals surface area contributed by atoms with Crippen LogP contribution in [0.15, 0.2) is 0 Å². The van der Waals surface area contributed by atoms with Gasteiger partial charge in [-0.3, -0.25) is 9.69 Å². The highest BCUT2D eigenvalue weighted by molar-refractivity contribution is 5.78. The van der Waals surface area contributed by atoms with Gasteiger partial charge in [-0.25, -0.2) is 0 Å². The Hall–Kier alpha value is -0.820. The number of alkyl halides is 3. The number of hydrogen-bond donors (Lipinski definition) is 1. The highest BCUT2D eigenvalue weighted by atomic mass is 19.4. The van der Waals surface area contributed by atoms with Gasteiger partial charge in [0.15, 0.2) is 0 Å². The third-order valence-electron chi connectivity index (χ3n) is 3.15. The normalized spacial score (nSPS) is 21.2. The Balaban J connectivity index is 2.57. The zero-order chi connectivity index (χ0) is 15.3. The summed E-state index contributed by atoms with van der Waals surface area (Å²) < 4.78 is 37.5. The zero-order valence-electron chi connectivity index (χ0n) is 12.0. The Morgan fingerprint density at radius 3 is 2.60 bits per heavy atom. The molecule has 0 aromatic carbocycles. The van der Waals surface area contributed by atoms with Gasteiger partial charge < -0.3 is 10.0 Å². The minimum Gasteiger partial charge on any atom is -0.392 e. The van der Waals surface area contributed by atoms with E-state index in [0.717, 1.165) is 11.3 Å². The van der Waals surface area contributed by atoms with Gasteiger partial charge in [0.25, 0.3) is 0 Å². The van der Waals surface area contributed by atoms with Crippen LogP contribution in [0.3, 0.4) is 0 Å². The first-order valence-corrected chi connectivity index (χ1v) is 6.92. The number of rotatable bonds is 5. The van der Waals surface area contributed by atoms with Gasteiger partial charge in [-0.15, -0.1) is 0 Å². The summed E-state index contributed by atoms with van der Waals surface area (Å²) in [4.78, 5) is 14.6. The number of piperidine rings is 1. The number of aliphatic hydroxyl groups excluding tert-OH is 1. The van der Waals surface area contributed by atoms with E-state index in [2.05, 4.69) is 0 Å². The molecule has 1 aliphatic heterocycles. The van der Waals surface area contributed by atoms with Gasteiger partial charge >= 0.3 is 6.18 Å². The van der Waals surface area contributed by atoms with Crippen molar-refractivity contribution in [1.29, 1.82) is 0 Å². The number of likely N-dealkylation sites (tertiary alicyclic amines) is 1. The summed E-state index contributed by atoms with van der Waals surface area (Å²) in [5, 5.41) is 9.52. The molecule has 0 aromatic heterocycles. The van der Waals surface area contributed by atoms with E-state index >= 15 is 0 Å². The number of hydrogen-bond acceptors (Lipinski definition) is 3. The lowest BCUT2D eigenvalue weighted by atomic mass is 10.1. The lowest BCUT2D eigenvalue weighted by molar-refractivity contribution is -0.163. The molecule has 0 aromatic rings. The summed E-state index contributed by atoms with van der Waals surface area (Å²) >= 11 is 0. The molecule has 1 heterocycles. The summed E-state index contributed by atoms with van der Waals surface area (Å²) in [6, 6.07) is 0. The number of halogens is 3. The molecule has 0 spiro atoms. The second kappa shape index (κ2) is 7.26. The van der Waals surface area contributed by atoms with Crippen molar-refractivity contribution >= 4 is 5.91 Å². The molecule has 0 bridgehead atoms. The summed E-state index contributed by atoms with van der Waals surface area (Å²) in [6.45, 7) is 3.38. The smallest absolute Gasteiger partial charge is 0.392 e. The molecule has 0 radical (unpaired) electrons. The van der Waals surface area contributed by atoms with E-state index in [9.17, 15) is 23.1 Å². The molecular weight excluding hydrogens is 273 g/mol. The SMILES string of the molecule is CC(C)CN(CC(F)(F)F)C(=O)CN1CCCC(O)C1. The quantitative estimate of drug-likeness (QED) is 0.836. The van der Waals surface area contributed by atoms with Crippen LogP contribution in [0.5, 0.6) is 0 Å². The third kappa shape index (κ3) is 6.56. The Bertz CT molecular complexity index is 321. The van der Waals surface area contributed by atoms with E-state index in [4.69, 9.17) is 0 Å². The van der Waals surface area contributed by atoms with Gasteiger partial charge in [-0.2, -0.15) is 13.2 Å². The Labute approximate surface area is 117 Å². The minimum absolute atomic E-state index is 0.0201. The highest BCUT2D eigenvalue weighted by Gasteiger charge is 2.34. The lowest BCUT2D eigenvalue weighted by Crippen LogP contribution is -2.48. The number of aliphatic hydroxyl groups is 1. The van der Waals surface area contributed by atoms with Gasteiger partial charge in [0.1, 0.15) is 6.54 Å². The van der Waals surface area contributed by atoms with Crippen LogP contribution in [0.4, 0.5) is 13.2 Å². The van der Waals surface area contributed by atoms with Crippen LogP contribution in [0, 0.1) is 5.92 Å². The first kappa shape index (κ1) is 17.2. The molecule has 1 aliphatic rings. The van der Waals surface area contributed by atoms with Gasteiger partial charge in [0, 0.05) is 13.1 Å². The predicted octanol–water partition coefficient (Wildman–Crippen LogP) is 1.49. The molecule has 20 heavy (non-hydrogen) atoms. The average molecular weight is 296 g/mol. The first-order valence-electron chi connectivity index (χ1n) is 6.92. The van der Waals surface area contributed by atoms with E-state index in [-0.39, 0.29) is 19.0 Å². The van der Waals surface area contributed by atoms with E-state index in [0.29, 0.717) is 19.5 Å². The third-order valence-corrected chi connectivity index (χ3v) is 3.15. The fraction of sp³-hybridized carbons (Fsp3) is 0.923. The van der Waals surface area contributed by atoms with Crippen LogP contribution in [0.1, 0.15) is 26.7 Å². The molecule has 1 amide bonds. The van der Waals surface area contributed by atoms with Crippen molar-refractivity contribution in [3.8, 4) is 0 Å². The van der Waals surface area contributed by atoms with Crippen molar-refractivity contribution in [3.05, 3.63) is 0 Å². The standard InChI is InChI=1S/C13H23F3N2O2/c1-10(2)6-18(9-13(14,15)16)12(20)8-17-5-3-4-11(19)7-17/h10-11,19H,3-9H2,1-2H3. The van der Waals surface area contributed by atoms with Gasteiger partial charge in [-0.05, 0) is 25.3 Å². The summed E-state index contributed by atoms with van der Waals surface area (Å²) in [6.07, 6.45) is -3.43. The van der Waals surface area contributed by atoms with E-state index in [1.165, 1.54) is 0 Å². The van der Waals surface area contributed by atoms with Gasteiger partial charge in [0.05, 0.1) is 12.6 Å². The fourth-order valence-electron chi connectivity index (χ4n) is 2.38. The summed E-state index contributed by atoms with van der Waals surface area (Å²) in [5.41, 5.74) is 0. The van der Waals surface area contributed by atoms with Crippen LogP contribution in [-0.4, -0.2) is 65.8 Å². The molecule has 7 heteroatoms. The second-order valence-electron chi connectivity index (χ2n) is 5.81. The maximum Gasteiger partial charge on any atom is 0.406 e. The summed E-state index contributed by atoms with van der Waals surface area (Å²) in [7, 11) is 0. The summed E-state index contributed by atoms with van der Waals surface area (Å²) in [5.74, 6) is -0.543. The van der Waals surface area contributed by atoms with Gasteiger partial charge in [-0.1, -0.05) is 13.8 Å². The highest BCUT2D eigenvalue weighted by Crippen LogP contribution is 2.18. The lowest BCUT2D eigenvalue weighted by Gasteiger charge is -2.32. The fourth-order valence-corrected chi connectivity index (χ4v) is 2.38. The number of β-amino-alcohol motifs (C(OH)–C–C–N with tert-alkyl or cyclic N) is 1. The number of nitrogens with zero attached hydrogens (tertiary/aromatic N) is 2. The van der Waals surface area contributed by atoms with Crippen molar-refractivity contribution in [2.75, 3.05) is 32.7 Å². The Morgan fingerprint density at radius 1 is 1.45 bits per heavy atom. The molecule has 4 nitrogen and oxygen atoms in total. The van der Waals surface area contributed by atoms with Crippen molar-refractivity contribution in [2.45, 2.75) is 39.0 Å². The topological polar surface area (TPSA) is 43.8 Å². The number of carbonyl (C=O) groups excluding carboxylic acids is 1. The second-order valence-corrected chi connectivity index (χ2v) is 5.81. The van der Waals surface area contributed by atoms with E-state index < -0.39 is 24.7 Å². The first-order chi connectivity index (χ1) is 9.17.